The summed E-state index contributed by atoms with van der Waals surface area (Å²) in [5, 5.41) is 0.791. The summed E-state index contributed by atoms with van der Waals surface area (Å²) in [5.41, 5.74) is 2.42. The second-order valence-electron chi connectivity index (χ2n) is 5.00. The topological polar surface area (TPSA) is 20.7 Å². The average Bonchev–Trinajstić information content (AvgIpc) is 2.74. The number of hydrogen-bond acceptors (Lipinski definition) is 2. The second kappa shape index (κ2) is 5.10. The number of nitrogens with zero attached hydrogens (tertiary/aromatic N) is 1. The van der Waals surface area contributed by atoms with E-state index in [0.717, 1.165) is 15.5 Å². The molecule has 2 unspecified atom stereocenters. The van der Waals surface area contributed by atoms with Crippen molar-refractivity contribution in [2.75, 3.05) is 6.26 Å². The summed E-state index contributed by atoms with van der Waals surface area (Å²) >= 11 is 7.51. The molecule has 4 heteroatoms. The predicted octanol–water partition coefficient (Wildman–Crippen LogP) is 4.55. The zero-order chi connectivity index (χ0) is 12.5. The number of hydrogen-bond donors (Lipinski definition) is 1. The van der Waals surface area contributed by atoms with Crippen LogP contribution in [0.2, 0.25) is 0 Å². The first-order valence-corrected chi connectivity index (χ1v) is 8.21. The van der Waals surface area contributed by atoms with E-state index in [2.05, 4.69) is 40.1 Å². The van der Waals surface area contributed by atoms with Gasteiger partial charge in [-0.3, -0.25) is 0 Å². The van der Waals surface area contributed by atoms with Gasteiger partial charge in [-0.1, -0.05) is 18.6 Å². The van der Waals surface area contributed by atoms with Gasteiger partial charge in [-0.25, -0.2) is 0 Å². The quantitative estimate of drug-likeness (QED) is 0.814. The molecule has 0 radical (unpaired) electrons. The number of benzene rings is 1. The fourth-order valence-electron chi connectivity index (χ4n) is 3.01. The highest BCUT2D eigenvalue weighted by atomic mass is 32.2. The average molecular weight is 278 g/mol. The van der Waals surface area contributed by atoms with Crippen LogP contribution in [-0.2, 0) is 0 Å². The van der Waals surface area contributed by atoms with E-state index in [-0.39, 0.29) is 0 Å². The predicted molar refractivity (Wildman–Crippen MR) is 81.9 cm³/mol. The van der Waals surface area contributed by atoms with Crippen LogP contribution in [0.3, 0.4) is 0 Å². The maximum absolute atomic E-state index is 5.51. The van der Waals surface area contributed by atoms with Crippen molar-refractivity contribution >= 4 is 35.0 Å². The SMILES string of the molecule is CSC1CCCC(n2c(=S)[nH]c3ccccc32)C1. The van der Waals surface area contributed by atoms with Gasteiger partial charge in [0.25, 0.3) is 0 Å². The highest BCUT2D eigenvalue weighted by Crippen LogP contribution is 2.35. The van der Waals surface area contributed by atoms with Crippen LogP contribution in [0.25, 0.3) is 11.0 Å². The first-order valence-electron chi connectivity index (χ1n) is 6.51. The Morgan fingerprint density at radius 3 is 3.00 bits per heavy atom. The molecule has 0 spiro atoms. The van der Waals surface area contributed by atoms with Crippen LogP contribution in [0.5, 0.6) is 0 Å². The molecule has 1 heterocycles. The molecule has 1 aliphatic rings. The van der Waals surface area contributed by atoms with Crippen molar-refractivity contribution in [1.82, 2.24) is 9.55 Å². The van der Waals surface area contributed by atoms with E-state index in [1.807, 2.05) is 11.8 Å². The Bertz CT molecular complexity index is 599. The third-order valence-corrected chi connectivity index (χ3v) is 5.31. The van der Waals surface area contributed by atoms with Crippen molar-refractivity contribution in [3.63, 3.8) is 0 Å². The van der Waals surface area contributed by atoms with Gasteiger partial charge in [-0.05, 0) is 49.9 Å². The number of H-pyrrole nitrogens is 1. The van der Waals surface area contributed by atoms with Crippen molar-refractivity contribution in [3.05, 3.63) is 29.0 Å². The molecule has 0 aliphatic heterocycles. The Morgan fingerprint density at radius 1 is 1.33 bits per heavy atom. The molecule has 0 amide bonds. The minimum absolute atomic E-state index is 0.569. The first kappa shape index (κ1) is 12.3. The van der Waals surface area contributed by atoms with Crippen LogP contribution < -0.4 is 0 Å². The lowest BCUT2D eigenvalue weighted by Gasteiger charge is -2.29. The lowest BCUT2D eigenvalue weighted by atomic mass is 9.94. The zero-order valence-electron chi connectivity index (χ0n) is 10.6. The zero-order valence-corrected chi connectivity index (χ0v) is 12.2. The van der Waals surface area contributed by atoms with Gasteiger partial charge in [0.05, 0.1) is 11.0 Å². The van der Waals surface area contributed by atoms with Gasteiger partial charge in [0.15, 0.2) is 4.77 Å². The third-order valence-electron chi connectivity index (χ3n) is 3.92. The van der Waals surface area contributed by atoms with Gasteiger partial charge in [-0.2, -0.15) is 11.8 Å². The molecule has 2 atom stereocenters. The van der Waals surface area contributed by atoms with Gasteiger partial charge < -0.3 is 9.55 Å². The molecule has 1 saturated carbocycles. The van der Waals surface area contributed by atoms with E-state index >= 15 is 0 Å². The van der Waals surface area contributed by atoms with Crippen molar-refractivity contribution in [1.29, 1.82) is 0 Å². The van der Waals surface area contributed by atoms with Crippen molar-refractivity contribution < 1.29 is 0 Å². The summed E-state index contributed by atoms with van der Waals surface area (Å²) in [5.74, 6) is 0. The monoisotopic (exact) mass is 278 g/mol. The summed E-state index contributed by atoms with van der Waals surface area (Å²) in [6.45, 7) is 0. The van der Waals surface area contributed by atoms with Gasteiger partial charge in [0.2, 0.25) is 0 Å². The van der Waals surface area contributed by atoms with Crippen molar-refractivity contribution in [3.8, 4) is 0 Å². The maximum Gasteiger partial charge on any atom is 0.178 e. The number of rotatable bonds is 2. The van der Waals surface area contributed by atoms with Crippen molar-refractivity contribution in [2.24, 2.45) is 0 Å². The number of fused-ring (bicyclic) bond motifs is 1. The Kier molecular flexibility index (Phi) is 3.48. The standard InChI is InChI=1S/C14H18N2S2/c1-18-11-6-4-5-10(9-11)16-13-8-3-2-7-12(13)15-14(16)17/h2-3,7-8,10-11H,4-6,9H2,1H3,(H,15,17). The molecule has 2 aromatic rings. The van der Waals surface area contributed by atoms with Crippen molar-refractivity contribution in [2.45, 2.75) is 37.0 Å². The summed E-state index contributed by atoms with van der Waals surface area (Å²) in [4.78, 5) is 3.33. The van der Waals surface area contributed by atoms with E-state index in [9.17, 15) is 0 Å². The summed E-state index contributed by atoms with van der Waals surface area (Å²) in [7, 11) is 0. The number of nitrogens with one attached hydrogen (secondary N) is 1. The largest absolute Gasteiger partial charge is 0.331 e. The van der Waals surface area contributed by atoms with Crippen LogP contribution >= 0.6 is 24.0 Å². The maximum atomic E-state index is 5.51. The lowest BCUT2D eigenvalue weighted by molar-refractivity contribution is 0.365. The Balaban J connectivity index is 2.03. The van der Waals surface area contributed by atoms with Crippen LogP contribution in [-0.4, -0.2) is 21.1 Å². The Hall–Kier alpha value is -0.740. The normalized spacial score (nSPS) is 24.5. The van der Waals surface area contributed by atoms with E-state index in [4.69, 9.17) is 12.2 Å². The minimum atomic E-state index is 0.569. The molecule has 0 saturated heterocycles. The van der Waals surface area contributed by atoms with Crippen LogP contribution in [0.15, 0.2) is 24.3 Å². The van der Waals surface area contributed by atoms with E-state index < -0.39 is 0 Å². The van der Waals surface area contributed by atoms with Gasteiger partial charge in [-0.15, -0.1) is 0 Å². The second-order valence-corrected chi connectivity index (χ2v) is 6.52. The van der Waals surface area contributed by atoms with Crippen LogP contribution in [0.1, 0.15) is 31.7 Å². The third kappa shape index (κ3) is 2.12. The first-order chi connectivity index (χ1) is 8.79. The van der Waals surface area contributed by atoms with Crippen LogP contribution in [0.4, 0.5) is 0 Å². The van der Waals surface area contributed by atoms with E-state index in [1.165, 1.54) is 31.2 Å². The Labute approximate surface area is 117 Å². The fourth-order valence-corrected chi connectivity index (χ4v) is 4.18. The molecule has 1 aliphatic carbocycles. The number of aromatic amines is 1. The molecule has 1 aromatic heterocycles. The smallest absolute Gasteiger partial charge is 0.178 e. The summed E-state index contributed by atoms with van der Waals surface area (Å²) in [6.07, 6.45) is 7.40. The molecule has 0 bridgehead atoms. The summed E-state index contributed by atoms with van der Waals surface area (Å²) in [6, 6.07) is 9.00. The Morgan fingerprint density at radius 2 is 2.17 bits per heavy atom. The molecule has 1 fully saturated rings. The molecule has 18 heavy (non-hydrogen) atoms. The fraction of sp³-hybridized carbons (Fsp3) is 0.500. The number of aromatic nitrogens is 2. The van der Waals surface area contributed by atoms with E-state index in [0.29, 0.717) is 6.04 Å². The van der Waals surface area contributed by atoms with Gasteiger partial charge in [0.1, 0.15) is 0 Å². The molecular weight excluding hydrogens is 260 g/mol. The molecule has 1 aromatic carbocycles. The highest BCUT2D eigenvalue weighted by molar-refractivity contribution is 7.99. The van der Waals surface area contributed by atoms with Crippen LogP contribution in [0, 0.1) is 4.77 Å². The molecule has 96 valence electrons. The van der Waals surface area contributed by atoms with Gasteiger partial charge >= 0.3 is 0 Å². The number of para-hydroxylation sites is 2. The number of thioether (sulfide) groups is 1. The molecule has 1 N–H and O–H groups in total. The molecule has 2 nitrogen and oxygen atoms in total. The summed E-state index contributed by atoms with van der Waals surface area (Å²) < 4.78 is 3.22. The lowest BCUT2D eigenvalue weighted by Crippen LogP contribution is -2.20. The highest BCUT2D eigenvalue weighted by Gasteiger charge is 2.24. The van der Waals surface area contributed by atoms with E-state index in [1.54, 1.807) is 0 Å². The molecular formula is C14H18N2S2. The minimum Gasteiger partial charge on any atom is -0.331 e. The number of imidazole rings is 1. The molecule has 3 rings (SSSR count). The van der Waals surface area contributed by atoms with Gasteiger partial charge in [0, 0.05) is 11.3 Å².